The molecule has 0 aliphatic carbocycles. The van der Waals surface area contributed by atoms with Crippen LogP contribution >= 0.6 is 23.4 Å². The number of carboxylic acid groups (broad SMARTS) is 1. The molecule has 2 aromatic rings. The van der Waals surface area contributed by atoms with Gasteiger partial charge in [-0.1, -0.05) is 17.7 Å². The van der Waals surface area contributed by atoms with Crippen LogP contribution in [0, 0.1) is 0 Å². The van der Waals surface area contributed by atoms with Crippen LogP contribution in [0.25, 0.3) is 0 Å². The van der Waals surface area contributed by atoms with E-state index < -0.39 is 5.97 Å². The largest absolute Gasteiger partial charge is 0.545 e. The Bertz CT molecular complexity index is 659. The Kier molecular flexibility index (Phi) is 4.87. The molecular formula is C13H10ClN2O4S-. The molecule has 110 valence electrons. The molecule has 0 aliphatic heterocycles. The summed E-state index contributed by atoms with van der Waals surface area (Å²) in [5.41, 5.74) is -0.102. The van der Waals surface area contributed by atoms with Crippen LogP contribution in [0.1, 0.15) is 10.4 Å². The van der Waals surface area contributed by atoms with Crippen molar-refractivity contribution >= 4 is 29.3 Å². The standard InChI is InChI=1S/C13H11ClN2O4S/c1-19-9-6-10(20-2)16-13(15-9)21-8-5-3-4-7(14)11(8)12(17)18/h3-6H,1-2H3,(H,17,18)/p-1. The van der Waals surface area contributed by atoms with Gasteiger partial charge in [-0.05, 0) is 23.9 Å². The minimum Gasteiger partial charge on any atom is -0.545 e. The number of ether oxygens (including phenoxy) is 2. The summed E-state index contributed by atoms with van der Waals surface area (Å²) in [4.78, 5) is 19.8. The van der Waals surface area contributed by atoms with Gasteiger partial charge in [-0.15, -0.1) is 0 Å². The average Bonchev–Trinajstić information content (AvgIpc) is 2.46. The van der Waals surface area contributed by atoms with Crippen molar-refractivity contribution in [1.82, 2.24) is 9.97 Å². The van der Waals surface area contributed by atoms with Gasteiger partial charge in [0.15, 0.2) is 5.16 Å². The zero-order chi connectivity index (χ0) is 15.4. The van der Waals surface area contributed by atoms with Crippen molar-refractivity contribution in [1.29, 1.82) is 0 Å². The third-order valence-corrected chi connectivity index (χ3v) is 3.70. The van der Waals surface area contributed by atoms with Crippen molar-refractivity contribution < 1.29 is 19.4 Å². The van der Waals surface area contributed by atoms with Crippen LogP contribution in [0.4, 0.5) is 0 Å². The van der Waals surface area contributed by atoms with E-state index in [4.69, 9.17) is 21.1 Å². The van der Waals surface area contributed by atoms with Gasteiger partial charge >= 0.3 is 0 Å². The van der Waals surface area contributed by atoms with Gasteiger partial charge in [-0.2, -0.15) is 9.97 Å². The molecular weight excluding hydrogens is 316 g/mol. The fraction of sp³-hybridized carbons (Fsp3) is 0.154. The lowest BCUT2D eigenvalue weighted by atomic mass is 10.2. The smallest absolute Gasteiger partial charge is 0.220 e. The summed E-state index contributed by atoms with van der Waals surface area (Å²) >= 11 is 6.91. The van der Waals surface area contributed by atoms with Crippen molar-refractivity contribution in [3.63, 3.8) is 0 Å². The van der Waals surface area contributed by atoms with Crippen molar-refractivity contribution in [2.45, 2.75) is 10.1 Å². The summed E-state index contributed by atoms with van der Waals surface area (Å²) in [6.07, 6.45) is 0. The third-order valence-electron chi connectivity index (χ3n) is 2.46. The zero-order valence-corrected chi connectivity index (χ0v) is 12.7. The van der Waals surface area contributed by atoms with E-state index >= 15 is 0 Å². The number of carbonyl (C=O) groups is 1. The molecule has 0 fully saturated rings. The lowest BCUT2D eigenvalue weighted by Crippen LogP contribution is -2.23. The molecule has 0 bridgehead atoms. The highest BCUT2D eigenvalue weighted by Crippen LogP contribution is 2.33. The lowest BCUT2D eigenvalue weighted by molar-refractivity contribution is -0.255. The number of aromatic nitrogens is 2. The SMILES string of the molecule is COc1cc(OC)nc(Sc2cccc(Cl)c2C(=O)[O-])n1. The number of carboxylic acids is 1. The maximum absolute atomic E-state index is 11.2. The van der Waals surface area contributed by atoms with Crippen LogP contribution in [0.15, 0.2) is 34.3 Å². The number of nitrogens with zero attached hydrogens (tertiary/aromatic N) is 2. The lowest BCUT2D eigenvalue weighted by Gasteiger charge is -2.11. The van der Waals surface area contributed by atoms with Gasteiger partial charge in [0.25, 0.3) is 0 Å². The number of halogens is 1. The van der Waals surface area contributed by atoms with E-state index in [0.29, 0.717) is 16.7 Å². The average molecular weight is 326 g/mol. The van der Waals surface area contributed by atoms with Crippen molar-refractivity contribution in [3.05, 3.63) is 34.9 Å². The van der Waals surface area contributed by atoms with Gasteiger partial charge in [0.05, 0.1) is 31.3 Å². The molecule has 0 spiro atoms. The van der Waals surface area contributed by atoms with E-state index in [-0.39, 0.29) is 15.7 Å². The van der Waals surface area contributed by atoms with Crippen LogP contribution in [0.2, 0.25) is 5.02 Å². The first kappa shape index (κ1) is 15.4. The van der Waals surface area contributed by atoms with Gasteiger partial charge in [0.1, 0.15) is 0 Å². The second-order valence-electron chi connectivity index (χ2n) is 3.74. The summed E-state index contributed by atoms with van der Waals surface area (Å²) in [6.45, 7) is 0. The highest BCUT2D eigenvalue weighted by atomic mass is 35.5. The number of hydrogen-bond donors (Lipinski definition) is 0. The van der Waals surface area contributed by atoms with E-state index in [9.17, 15) is 9.90 Å². The molecule has 1 aromatic heterocycles. The molecule has 2 rings (SSSR count). The molecule has 1 aromatic carbocycles. The zero-order valence-electron chi connectivity index (χ0n) is 11.1. The second-order valence-corrected chi connectivity index (χ2v) is 5.15. The Balaban J connectivity index is 2.43. The second kappa shape index (κ2) is 6.64. The van der Waals surface area contributed by atoms with Gasteiger partial charge in [0, 0.05) is 10.5 Å². The fourth-order valence-corrected chi connectivity index (χ4v) is 2.74. The number of rotatable bonds is 5. The van der Waals surface area contributed by atoms with Crippen LogP contribution in [-0.4, -0.2) is 30.2 Å². The molecule has 0 amide bonds. The maximum atomic E-state index is 11.2. The number of carbonyl (C=O) groups excluding carboxylic acids is 1. The van der Waals surface area contributed by atoms with Crippen molar-refractivity contribution in [2.24, 2.45) is 0 Å². The Morgan fingerprint density at radius 3 is 2.38 bits per heavy atom. The first-order chi connectivity index (χ1) is 10.0. The van der Waals surface area contributed by atoms with Crippen LogP contribution in [0.5, 0.6) is 11.8 Å². The van der Waals surface area contributed by atoms with E-state index in [1.807, 2.05) is 0 Å². The molecule has 1 heterocycles. The highest BCUT2D eigenvalue weighted by Gasteiger charge is 2.13. The highest BCUT2D eigenvalue weighted by molar-refractivity contribution is 7.99. The predicted molar refractivity (Wildman–Crippen MR) is 75.0 cm³/mol. The van der Waals surface area contributed by atoms with E-state index in [1.54, 1.807) is 12.1 Å². The first-order valence-corrected chi connectivity index (χ1v) is 6.89. The minimum absolute atomic E-state index is 0.0925. The van der Waals surface area contributed by atoms with Crippen LogP contribution < -0.4 is 14.6 Å². The molecule has 0 radical (unpaired) electrons. The van der Waals surface area contributed by atoms with Crippen molar-refractivity contribution in [2.75, 3.05) is 14.2 Å². The molecule has 21 heavy (non-hydrogen) atoms. The molecule has 8 heteroatoms. The minimum atomic E-state index is -1.36. The maximum Gasteiger partial charge on any atom is 0.220 e. The number of aromatic carboxylic acids is 1. The third kappa shape index (κ3) is 3.56. The number of methoxy groups -OCH3 is 2. The molecule has 0 unspecified atom stereocenters. The van der Waals surface area contributed by atoms with Gasteiger partial charge < -0.3 is 19.4 Å². The normalized spacial score (nSPS) is 10.2. The van der Waals surface area contributed by atoms with Crippen LogP contribution in [-0.2, 0) is 0 Å². The summed E-state index contributed by atoms with van der Waals surface area (Å²) in [6, 6.07) is 6.22. The topological polar surface area (TPSA) is 84.4 Å². The monoisotopic (exact) mass is 325 g/mol. The molecule has 0 saturated carbocycles. The van der Waals surface area contributed by atoms with Crippen LogP contribution in [0.3, 0.4) is 0 Å². The number of benzene rings is 1. The Labute approximate surface area is 130 Å². The molecule has 0 atom stereocenters. The summed E-state index contributed by atoms with van der Waals surface area (Å²) in [7, 11) is 2.92. The molecule has 0 aliphatic rings. The summed E-state index contributed by atoms with van der Waals surface area (Å²) in [5, 5.41) is 11.5. The van der Waals surface area contributed by atoms with E-state index in [0.717, 1.165) is 11.8 Å². The molecule has 6 nitrogen and oxygen atoms in total. The van der Waals surface area contributed by atoms with Crippen molar-refractivity contribution in [3.8, 4) is 11.8 Å². The first-order valence-electron chi connectivity index (χ1n) is 5.70. The Morgan fingerprint density at radius 1 is 1.24 bits per heavy atom. The quantitative estimate of drug-likeness (QED) is 0.773. The van der Waals surface area contributed by atoms with Gasteiger partial charge in [0.2, 0.25) is 11.8 Å². The van der Waals surface area contributed by atoms with E-state index in [1.165, 1.54) is 26.4 Å². The summed E-state index contributed by atoms with van der Waals surface area (Å²) < 4.78 is 10.1. The van der Waals surface area contributed by atoms with E-state index in [2.05, 4.69) is 9.97 Å². The van der Waals surface area contributed by atoms with Gasteiger partial charge in [-0.25, -0.2) is 0 Å². The summed E-state index contributed by atoms with van der Waals surface area (Å²) in [5.74, 6) is -0.749. The van der Waals surface area contributed by atoms with Gasteiger partial charge in [-0.3, -0.25) is 0 Å². The Morgan fingerprint density at radius 2 is 1.86 bits per heavy atom. The number of hydrogen-bond acceptors (Lipinski definition) is 7. The molecule has 0 saturated heterocycles. The Hall–Kier alpha value is -1.99. The predicted octanol–water partition coefficient (Wildman–Crippen LogP) is 1.66. The molecule has 0 N–H and O–H groups in total. The fourth-order valence-electron chi connectivity index (χ4n) is 1.52.